The van der Waals surface area contributed by atoms with E-state index in [2.05, 4.69) is 25.9 Å². The first-order chi connectivity index (χ1) is 7.99. The van der Waals surface area contributed by atoms with E-state index in [1.807, 2.05) is 22.6 Å². The molecule has 0 saturated heterocycles. The van der Waals surface area contributed by atoms with Crippen LogP contribution < -0.4 is 0 Å². The summed E-state index contributed by atoms with van der Waals surface area (Å²) in [5, 5.41) is 0.494. The molecule has 0 spiro atoms. The largest absolute Gasteiger partial charge is 0.215 e. The number of aromatic nitrogens is 2. The first-order valence-corrected chi connectivity index (χ1v) is 6.96. The highest BCUT2D eigenvalue weighted by Crippen LogP contribution is 2.30. The average molecular weight is 448 g/mol. The van der Waals surface area contributed by atoms with Crippen LogP contribution in [0.3, 0.4) is 0 Å². The molecule has 0 unspecified atom stereocenters. The van der Waals surface area contributed by atoms with E-state index in [1.54, 1.807) is 6.07 Å². The Hall–Kier alpha value is 0.0200. The first kappa shape index (κ1) is 13.5. The molecule has 1 heterocycles. The van der Waals surface area contributed by atoms with Crippen LogP contribution in [0.25, 0.3) is 11.4 Å². The first-order valence-electron chi connectivity index (χ1n) is 4.33. The maximum absolute atomic E-state index is 13.2. The highest BCUT2D eigenvalue weighted by molar-refractivity contribution is 14.1. The highest BCUT2D eigenvalue weighted by atomic mass is 127. The van der Waals surface area contributed by atoms with Gasteiger partial charge in [-0.25, -0.2) is 14.4 Å². The smallest absolute Gasteiger partial charge is 0.163 e. The van der Waals surface area contributed by atoms with E-state index < -0.39 is 0 Å². The van der Waals surface area contributed by atoms with Crippen LogP contribution in [0.1, 0.15) is 0 Å². The quantitative estimate of drug-likeness (QED) is 0.456. The zero-order valence-corrected chi connectivity index (χ0v) is 13.3. The summed E-state index contributed by atoms with van der Waals surface area (Å²) >= 11 is 17.1. The van der Waals surface area contributed by atoms with E-state index >= 15 is 0 Å². The van der Waals surface area contributed by atoms with Gasteiger partial charge in [0.2, 0.25) is 0 Å². The van der Waals surface area contributed by atoms with Gasteiger partial charge in [-0.1, -0.05) is 39.1 Å². The van der Waals surface area contributed by atoms with Gasteiger partial charge >= 0.3 is 0 Å². The van der Waals surface area contributed by atoms with Crippen LogP contribution in [0, 0.1) is 9.39 Å². The van der Waals surface area contributed by atoms with Crippen LogP contribution in [-0.4, -0.2) is 9.97 Å². The van der Waals surface area contributed by atoms with Gasteiger partial charge in [0.25, 0.3) is 0 Å². The molecule has 0 N–H and O–H groups in total. The van der Waals surface area contributed by atoms with Gasteiger partial charge in [-0.2, -0.15) is 0 Å². The summed E-state index contributed by atoms with van der Waals surface area (Å²) in [6, 6.07) is 4.23. The van der Waals surface area contributed by atoms with Gasteiger partial charge in [-0.3, -0.25) is 0 Å². The second-order valence-electron chi connectivity index (χ2n) is 3.07. The van der Waals surface area contributed by atoms with Crippen LogP contribution in [0.2, 0.25) is 10.3 Å². The summed E-state index contributed by atoms with van der Waals surface area (Å²) in [6.45, 7) is 0. The summed E-state index contributed by atoms with van der Waals surface area (Å²) in [7, 11) is 0. The normalized spacial score (nSPS) is 10.6. The molecule has 1 aromatic heterocycles. The molecule has 0 atom stereocenters. The van der Waals surface area contributed by atoms with Crippen molar-refractivity contribution in [1.82, 2.24) is 9.97 Å². The van der Waals surface area contributed by atoms with Gasteiger partial charge in [-0.05, 0) is 40.8 Å². The van der Waals surface area contributed by atoms with Crippen LogP contribution in [0.5, 0.6) is 0 Å². The van der Waals surface area contributed by atoms with Gasteiger partial charge < -0.3 is 0 Å². The lowest BCUT2D eigenvalue weighted by atomic mass is 10.2. The standard InChI is InChI=1S/C10H3BrCl2FIN2/c11-6-2-1-4(14)3-5(6)10-16-8(12)7(15)9(13)17-10/h1-3H. The molecule has 88 valence electrons. The van der Waals surface area contributed by atoms with Crippen molar-refractivity contribution in [1.29, 1.82) is 0 Å². The fourth-order valence-corrected chi connectivity index (χ4v) is 2.24. The summed E-state index contributed by atoms with van der Waals surface area (Å²) in [6.07, 6.45) is 0. The summed E-state index contributed by atoms with van der Waals surface area (Å²) < 4.78 is 14.4. The maximum atomic E-state index is 13.2. The van der Waals surface area contributed by atoms with Gasteiger partial charge in [-0.15, -0.1) is 0 Å². The van der Waals surface area contributed by atoms with E-state index in [1.165, 1.54) is 12.1 Å². The van der Waals surface area contributed by atoms with Crippen molar-refractivity contribution in [2.24, 2.45) is 0 Å². The van der Waals surface area contributed by atoms with E-state index in [0.29, 0.717) is 13.6 Å². The fourth-order valence-electron chi connectivity index (χ4n) is 1.18. The number of rotatable bonds is 1. The molecule has 0 aliphatic rings. The minimum atomic E-state index is -0.377. The van der Waals surface area contributed by atoms with Gasteiger partial charge in [0.1, 0.15) is 16.1 Å². The van der Waals surface area contributed by atoms with Gasteiger partial charge in [0.05, 0.1) is 3.57 Å². The second-order valence-corrected chi connectivity index (χ2v) is 5.72. The third-order valence-corrected chi connectivity index (χ3v) is 4.84. The summed E-state index contributed by atoms with van der Waals surface area (Å²) in [5.41, 5.74) is 0.505. The van der Waals surface area contributed by atoms with Crippen molar-refractivity contribution >= 4 is 61.7 Å². The average Bonchev–Trinajstić information content (AvgIpc) is 2.28. The minimum Gasteiger partial charge on any atom is -0.215 e. The molecule has 0 aliphatic carbocycles. The Bertz CT molecular complexity index is 572. The van der Waals surface area contributed by atoms with Crippen LogP contribution in [-0.2, 0) is 0 Å². The maximum Gasteiger partial charge on any atom is 0.163 e. The zero-order chi connectivity index (χ0) is 12.6. The Kier molecular flexibility index (Phi) is 4.22. The lowest BCUT2D eigenvalue weighted by Crippen LogP contribution is -1.95. The van der Waals surface area contributed by atoms with Crippen molar-refractivity contribution in [2.75, 3.05) is 0 Å². The molecule has 0 amide bonds. The Labute approximate surface area is 129 Å². The fraction of sp³-hybridized carbons (Fsp3) is 0. The number of hydrogen-bond acceptors (Lipinski definition) is 2. The zero-order valence-electron chi connectivity index (χ0n) is 8.02. The van der Waals surface area contributed by atoms with E-state index in [9.17, 15) is 4.39 Å². The Balaban J connectivity index is 2.64. The molecular weight excluding hydrogens is 445 g/mol. The Morgan fingerprint density at radius 2 is 1.76 bits per heavy atom. The van der Waals surface area contributed by atoms with Crippen molar-refractivity contribution in [2.45, 2.75) is 0 Å². The topological polar surface area (TPSA) is 25.8 Å². The van der Waals surface area contributed by atoms with Crippen molar-refractivity contribution in [3.63, 3.8) is 0 Å². The number of nitrogens with zero attached hydrogens (tertiary/aromatic N) is 2. The summed E-state index contributed by atoms with van der Waals surface area (Å²) in [4.78, 5) is 8.14. The van der Waals surface area contributed by atoms with Crippen molar-refractivity contribution in [3.05, 3.63) is 42.4 Å². The molecule has 7 heteroatoms. The molecule has 0 saturated carbocycles. The van der Waals surface area contributed by atoms with Crippen molar-refractivity contribution in [3.8, 4) is 11.4 Å². The lowest BCUT2D eigenvalue weighted by Gasteiger charge is -2.06. The molecule has 0 aliphatic heterocycles. The Morgan fingerprint density at radius 3 is 2.35 bits per heavy atom. The van der Waals surface area contributed by atoms with Crippen LogP contribution >= 0.6 is 61.7 Å². The number of benzene rings is 1. The molecule has 0 fully saturated rings. The lowest BCUT2D eigenvalue weighted by molar-refractivity contribution is 0.628. The van der Waals surface area contributed by atoms with E-state index in [4.69, 9.17) is 23.2 Å². The monoisotopic (exact) mass is 446 g/mol. The van der Waals surface area contributed by atoms with E-state index in [0.717, 1.165) is 0 Å². The predicted octanol–water partition coefficient (Wildman–Crippen LogP) is 4.96. The molecule has 2 aromatic rings. The summed E-state index contributed by atoms with van der Waals surface area (Å²) in [5.74, 6) is -0.0932. The van der Waals surface area contributed by atoms with Crippen LogP contribution in [0.15, 0.2) is 22.7 Å². The third-order valence-electron chi connectivity index (χ3n) is 1.94. The van der Waals surface area contributed by atoms with Crippen LogP contribution in [0.4, 0.5) is 4.39 Å². The molecule has 0 bridgehead atoms. The molecule has 0 radical (unpaired) electrons. The predicted molar refractivity (Wildman–Crippen MR) is 77.9 cm³/mol. The third kappa shape index (κ3) is 2.89. The van der Waals surface area contributed by atoms with Gasteiger partial charge in [0.15, 0.2) is 5.82 Å². The molecule has 1 aromatic carbocycles. The number of hydrogen-bond donors (Lipinski definition) is 0. The molecule has 17 heavy (non-hydrogen) atoms. The molecular formula is C10H3BrCl2FIN2. The second kappa shape index (κ2) is 5.34. The van der Waals surface area contributed by atoms with Crippen molar-refractivity contribution < 1.29 is 4.39 Å². The highest BCUT2D eigenvalue weighted by Gasteiger charge is 2.13. The molecule has 2 nitrogen and oxygen atoms in total. The molecule has 2 rings (SSSR count). The minimum absolute atomic E-state index is 0.247. The SMILES string of the molecule is Fc1ccc(Br)c(-c2nc(Cl)c(I)c(Cl)n2)c1. The Morgan fingerprint density at radius 1 is 1.18 bits per heavy atom. The van der Waals surface area contributed by atoms with Gasteiger partial charge in [0, 0.05) is 10.0 Å². The number of halogens is 5. The van der Waals surface area contributed by atoms with E-state index in [-0.39, 0.29) is 21.9 Å².